The molecule has 0 bridgehead atoms. The number of benzene rings is 1. The van der Waals surface area contributed by atoms with Crippen LogP contribution in [0.3, 0.4) is 0 Å². The highest BCUT2D eigenvalue weighted by molar-refractivity contribution is 6.30. The highest BCUT2D eigenvalue weighted by Gasteiger charge is 1.93. The third kappa shape index (κ3) is 4.17. The number of aliphatic carboxylic acids is 1. The minimum Gasteiger partial charge on any atom is -0.545 e. The first kappa shape index (κ1) is 11.8. The van der Waals surface area contributed by atoms with E-state index in [-0.39, 0.29) is 5.57 Å². The van der Waals surface area contributed by atoms with Gasteiger partial charge in [0.1, 0.15) is 0 Å². The summed E-state index contributed by atoms with van der Waals surface area (Å²) in [6.45, 7) is 1.54. The van der Waals surface area contributed by atoms with Crippen molar-refractivity contribution in [2.24, 2.45) is 0 Å². The molecule has 15 heavy (non-hydrogen) atoms. The quantitative estimate of drug-likeness (QED) is 0.733. The topological polar surface area (TPSA) is 40.1 Å². The van der Waals surface area contributed by atoms with Gasteiger partial charge in [0.15, 0.2) is 0 Å². The van der Waals surface area contributed by atoms with E-state index >= 15 is 0 Å². The molecular weight excluding hydrogens is 212 g/mol. The molecule has 0 amide bonds. The van der Waals surface area contributed by atoms with Gasteiger partial charge in [0.25, 0.3) is 0 Å². The largest absolute Gasteiger partial charge is 0.545 e. The van der Waals surface area contributed by atoms with Crippen LogP contribution in [-0.2, 0) is 11.2 Å². The first-order valence-electron chi connectivity index (χ1n) is 4.72. The molecule has 0 N–H and O–H groups in total. The van der Waals surface area contributed by atoms with Gasteiger partial charge >= 0.3 is 0 Å². The Labute approximate surface area is 94.2 Å². The molecule has 0 aliphatic rings. The molecule has 0 atom stereocenters. The number of hydrogen-bond acceptors (Lipinski definition) is 2. The monoisotopic (exact) mass is 223 g/mol. The van der Waals surface area contributed by atoms with E-state index in [1.807, 2.05) is 24.3 Å². The van der Waals surface area contributed by atoms with Crippen molar-refractivity contribution in [1.82, 2.24) is 0 Å². The van der Waals surface area contributed by atoms with E-state index in [1.54, 1.807) is 6.08 Å². The number of halogens is 1. The van der Waals surface area contributed by atoms with Gasteiger partial charge in [-0.1, -0.05) is 29.8 Å². The van der Waals surface area contributed by atoms with Gasteiger partial charge in [0.05, 0.1) is 5.97 Å². The number of allylic oxidation sites excluding steroid dienone is 1. The molecule has 0 unspecified atom stereocenters. The minimum absolute atomic E-state index is 0.281. The fraction of sp³-hybridized carbons (Fsp3) is 0.250. The Kier molecular flexibility index (Phi) is 4.37. The zero-order valence-corrected chi connectivity index (χ0v) is 9.25. The molecule has 0 aliphatic carbocycles. The third-order valence-corrected chi connectivity index (χ3v) is 2.37. The summed E-state index contributed by atoms with van der Waals surface area (Å²) in [5.74, 6) is -1.11. The van der Waals surface area contributed by atoms with E-state index in [1.165, 1.54) is 6.92 Å². The van der Waals surface area contributed by atoms with Crippen LogP contribution in [0.4, 0.5) is 0 Å². The molecular formula is C12H12ClO2-. The van der Waals surface area contributed by atoms with Gasteiger partial charge < -0.3 is 9.90 Å². The lowest BCUT2D eigenvalue weighted by Crippen LogP contribution is -2.22. The SMILES string of the molecule is C/C(=C\CCc1ccc(Cl)cc1)C(=O)[O-]. The van der Waals surface area contributed by atoms with Gasteiger partial charge in [0.2, 0.25) is 0 Å². The maximum absolute atomic E-state index is 10.4. The van der Waals surface area contributed by atoms with Crippen molar-refractivity contribution in [3.63, 3.8) is 0 Å². The second kappa shape index (κ2) is 5.56. The lowest BCUT2D eigenvalue weighted by Gasteiger charge is -2.02. The van der Waals surface area contributed by atoms with Crippen LogP contribution in [0.1, 0.15) is 18.9 Å². The number of carbonyl (C=O) groups excluding carboxylic acids is 1. The number of aryl methyl sites for hydroxylation is 1. The molecule has 80 valence electrons. The second-order valence-electron chi connectivity index (χ2n) is 3.34. The van der Waals surface area contributed by atoms with Gasteiger partial charge in [-0.2, -0.15) is 0 Å². The van der Waals surface area contributed by atoms with Crippen LogP contribution in [0.15, 0.2) is 35.9 Å². The fourth-order valence-corrected chi connectivity index (χ4v) is 1.32. The van der Waals surface area contributed by atoms with Crippen LogP contribution in [0.5, 0.6) is 0 Å². The lowest BCUT2D eigenvalue weighted by molar-refractivity contribution is -0.299. The highest BCUT2D eigenvalue weighted by Crippen LogP contribution is 2.11. The van der Waals surface area contributed by atoms with Crippen LogP contribution in [0, 0.1) is 0 Å². The predicted octanol–water partition coefficient (Wildman–Crippen LogP) is 1.97. The van der Waals surface area contributed by atoms with Crippen molar-refractivity contribution < 1.29 is 9.90 Å². The molecule has 0 spiro atoms. The van der Waals surface area contributed by atoms with Gasteiger partial charge in [-0.05, 0) is 43.0 Å². The molecule has 1 rings (SSSR count). The number of rotatable bonds is 4. The van der Waals surface area contributed by atoms with E-state index in [9.17, 15) is 9.90 Å². The molecule has 0 heterocycles. The predicted molar refractivity (Wildman–Crippen MR) is 58.5 cm³/mol. The zero-order chi connectivity index (χ0) is 11.3. The summed E-state index contributed by atoms with van der Waals surface area (Å²) >= 11 is 5.74. The van der Waals surface area contributed by atoms with E-state index in [2.05, 4.69) is 0 Å². The van der Waals surface area contributed by atoms with Crippen LogP contribution >= 0.6 is 11.6 Å². The van der Waals surface area contributed by atoms with Crippen LogP contribution in [-0.4, -0.2) is 5.97 Å². The van der Waals surface area contributed by atoms with Crippen molar-refractivity contribution in [2.75, 3.05) is 0 Å². The molecule has 2 nitrogen and oxygen atoms in total. The first-order valence-corrected chi connectivity index (χ1v) is 5.10. The second-order valence-corrected chi connectivity index (χ2v) is 3.78. The number of carboxylic acids is 1. The highest BCUT2D eigenvalue weighted by atomic mass is 35.5. The van der Waals surface area contributed by atoms with Crippen molar-refractivity contribution in [3.8, 4) is 0 Å². The summed E-state index contributed by atoms with van der Waals surface area (Å²) < 4.78 is 0. The molecule has 3 heteroatoms. The number of hydrogen-bond donors (Lipinski definition) is 0. The van der Waals surface area contributed by atoms with Crippen LogP contribution in [0.25, 0.3) is 0 Å². The Balaban J connectivity index is 2.48. The Bertz CT molecular complexity index is 366. The Morgan fingerprint density at radius 3 is 2.53 bits per heavy atom. The van der Waals surface area contributed by atoms with E-state index in [4.69, 9.17) is 11.6 Å². The summed E-state index contributed by atoms with van der Waals surface area (Å²) in [7, 11) is 0. The van der Waals surface area contributed by atoms with Gasteiger partial charge in [-0.15, -0.1) is 0 Å². The minimum atomic E-state index is -1.11. The lowest BCUT2D eigenvalue weighted by atomic mass is 10.1. The van der Waals surface area contributed by atoms with Crippen LogP contribution in [0.2, 0.25) is 5.02 Å². The molecule has 1 aromatic carbocycles. The Hall–Kier alpha value is -1.28. The van der Waals surface area contributed by atoms with Crippen molar-refractivity contribution in [2.45, 2.75) is 19.8 Å². The van der Waals surface area contributed by atoms with Crippen molar-refractivity contribution >= 4 is 17.6 Å². The van der Waals surface area contributed by atoms with Gasteiger partial charge in [-0.25, -0.2) is 0 Å². The maximum atomic E-state index is 10.4. The molecule has 0 fully saturated rings. The Morgan fingerprint density at radius 1 is 1.40 bits per heavy atom. The number of carbonyl (C=O) groups is 1. The summed E-state index contributed by atoms with van der Waals surface area (Å²) in [5, 5.41) is 11.1. The maximum Gasteiger partial charge on any atom is 0.0668 e. The van der Waals surface area contributed by atoms with E-state index in [0.29, 0.717) is 11.4 Å². The number of carboxylic acid groups (broad SMARTS) is 1. The Morgan fingerprint density at radius 2 is 2.00 bits per heavy atom. The normalized spacial score (nSPS) is 11.5. The summed E-state index contributed by atoms with van der Waals surface area (Å²) in [6.07, 6.45) is 3.17. The average molecular weight is 224 g/mol. The molecule has 0 saturated carbocycles. The third-order valence-electron chi connectivity index (χ3n) is 2.12. The summed E-state index contributed by atoms with van der Waals surface area (Å²) in [5.41, 5.74) is 1.42. The molecule has 1 aromatic rings. The molecule has 0 radical (unpaired) electrons. The van der Waals surface area contributed by atoms with E-state index < -0.39 is 5.97 Å². The van der Waals surface area contributed by atoms with Crippen molar-refractivity contribution in [3.05, 3.63) is 46.5 Å². The fourth-order valence-electron chi connectivity index (χ4n) is 1.19. The van der Waals surface area contributed by atoms with Gasteiger partial charge in [0, 0.05) is 5.02 Å². The van der Waals surface area contributed by atoms with E-state index in [0.717, 1.165) is 12.0 Å². The van der Waals surface area contributed by atoms with Crippen LogP contribution < -0.4 is 5.11 Å². The first-order chi connectivity index (χ1) is 7.09. The summed E-state index contributed by atoms with van der Waals surface area (Å²) in [4.78, 5) is 10.4. The zero-order valence-electron chi connectivity index (χ0n) is 8.50. The summed E-state index contributed by atoms with van der Waals surface area (Å²) in [6, 6.07) is 7.52. The molecule has 0 aliphatic heterocycles. The van der Waals surface area contributed by atoms with Gasteiger partial charge in [-0.3, -0.25) is 0 Å². The average Bonchev–Trinajstić information content (AvgIpc) is 2.20. The molecule has 0 aromatic heterocycles. The smallest absolute Gasteiger partial charge is 0.0668 e. The van der Waals surface area contributed by atoms with Crippen molar-refractivity contribution in [1.29, 1.82) is 0 Å². The molecule has 0 saturated heterocycles. The standard InChI is InChI=1S/C12H13ClO2/c1-9(12(14)15)3-2-4-10-5-7-11(13)8-6-10/h3,5-8H,2,4H2,1H3,(H,14,15)/p-1/b9-3+.